The summed E-state index contributed by atoms with van der Waals surface area (Å²) in [5.41, 5.74) is 9.49. The molecule has 0 saturated carbocycles. The molecule has 0 bridgehead atoms. The molecule has 5 nitrogen and oxygen atoms in total. The van der Waals surface area contributed by atoms with Crippen molar-refractivity contribution in [3.8, 4) is 0 Å². The Morgan fingerprint density at radius 3 is 2.71 bits per heavy atom. The van der Waals surface area contributed by atoms with Gasteiger partial charge < -0.3 is 10.7 Å². The van der Waals surface area contributed by atoms with Crippen LogP contribution >= 0.6 is 11.6 Å². The third kappa shape index (κ3) is 6.20. The number of pyridine rings is 1. The number of hydrogen-bond acceptors (Lipinski definition) is 3. The monoisotopic (exact) mass is 395 g/mol. The Hall–Kier alpha value is -2.66. The average Bonchev–Trinajstić information content (AvgIpc) is 3.23. The molecule has 146 valence electrons. The summed E-state index contributed by atoms with van der Waals surface area (Å²) in [6.07, 6.45) is 10.0. The smallest absolute Gasteiger partial charge is 0.0937 e. The first-order valence-electron chi connectivity index (χ1n) is 9.65. The van der Waals surface area contributed by atoms with E-state index in [1.54, 1.807) is 6.33 Å². The molecule has 0 aliphatic carbocycles. The zero-order valence-corrected chi connectivity index (χ0v) is 16.6. The Bertz CT molecular complexity index is 844. The Morgan fingerprint density at radius 2 is 2.00 bits per heavy atom. The Balaban J connectivity index is 1.51. The summed E-state index contributed by atoms with van der Waals surface area (Å²) >= 11 is 6.05. The number of nitrogens with one attached hydrogen (secondary N) is 1. The Kier molecular flexibility index (Phi) is 7.62. The van der Waals surface area contributed by atoms with Gasteiger partial charge >= 0.3 is 0 Å². The molecule has 28 heavy (non-hydrogen) atoms. The van der Waals surface area contributed by atoms with Crippen LogP contribution in [0.5, 0.6) is 0 Å². The first-order valence-corrected chi connectivity index (χ1v) is 10.0. The molecule has 0 aliphatic rings. The second-order valence-corrected chi connectivity index (χ2v) is 7.24. The van der Waals surface area contributed by atoms with Gasteiger partial charge in [0, 0.05) is 47.7 Å². The van der Waals surface area contributed by atoms with E-state index in [-0.39, 0.29) is 5.92 Å². The quantitative estimate of drug-likeness (QED) is 0.295. The number of aromatic nitrogens is 3. The third-order valence-electron chi connectivity index (χ3n) is 4.72. The molecule has 3 rings (SSSR count). The van der Waals surface area contributed by atoms with Gasteiger partial charge in [-0.05, 0) is 55.5 Å². The van der Waals surface area contributed by atoms with Crippen molar-refractivity contribution in [2.45, 2.75) is 38.0 Å². The molecular weight excluding hydrogens is 370 g/mol. The first-order chi connectivity index (χ1) is 13.7. The molecule has 0 radical (unpaired) electrons. The number of H-pyrrole nitrogens is 1. The molecular formula is C22H26ClN5. The molecule has 1 unspecified atom stereocenters. The zero-order chi connectivity index (χ0) is 19.6. The number of nitrogens with two attached hydrogens (primary N) is 1. The van der Waals surface area contributed by atoms with E-state index in [4.69, 9.17) is 17.3 Å². The predicted molar refractivity (Wildman–Crippen MR) is 115 cm³/mol. The first kappa shape index (κ1) is 20.1. The summed E-state index contributed by atoms with van der Waals surface area (Å²) in [6, 6.07) is 14.1. The van der Waals surface area contributed by atoms with E-state index >= 15 is 0 Å². The van der Waals surface area contributed by atoms with Crippen molar-refractivity contribution in [1.29, 1.82) is 0 Å². The van der Waals surface area contributed by atoms with E-state index in [2.05, 4.69) is 38.1 Å². The maximum Gasteiger partial charge on any atom is 0.0937 e. The molecule has 0 aliphatic heterocycles. The number of benzene rings is 1. The molecule has 3 N–H and O–H groups in total. The van der Waals surface area contributed by atoms with E-state index in [0.29, 0.717) is 0 Å². The van der Waals surface area contributed by atoms with E-state index < -0.39 is 0 Å². The fourth-order valence-corrected chi connectivity index (χ4v) is 3.37. The number of amidine groups is 1. The van der Waals surface area contributed by atoms with Crippen LogP contribution in [-0.4, -0.2) is 27.3 Å². The lowest BCUT2D eigenvalue weighted by Gasteiger charge is -2.16. The van der Waals surface area contributed by atoms with Crippen LogP contribution in [0.25, 0.3) is 0 Å². The minimum absolute atomic E-state index is 0.232. The van der Waals surface area contributed by atoms with Gasteiger partial charge in [0.15, 0.2) is 0 Å². The van der Waals surface area contributed by atoms with Gasteiger partial charge in [0.05, 0.1) is 12.2 Å². The standard InChI is InChI=1S/C22H26ClN5/c23-18-11-9-17(10-12-18)20(21-7-1-2-13-26-21)6-4-14-27-22(24)8-3-5-19-15-25-16-28-19/h1-2,7,9-13,15-16,20H,3-6,8,14H2,(H2,24,27)(H,25,28). The van der Waals surface area contributed by atoms with Crippen molar-refractivity contribution in [3.05, 3.63) is 83.2 Å². The van der Waals surface area contributed by atoms with Crippen molar-refractivity contribution < 1.29 is 0 Å². The molecule has 0 amide bonds. The molecule has 3 aromatic rings. The minimum atomic E-state index is 0.232. The number of halogens is 1. The third-order valence-corrected chi connectivity index (χ3v) is 4.97. The van der Waals surface area contributed by atoms with E-state index in [0.717, 1.165) is 60.9 Å². The molecule has 2 aromatic heterocycles. The lowest BCUT2D eigenvalue weighted by atomic mass is 9.91. The molecule has 2 heterocycles. The van der Waals surface area contributed by atoms with Gasteiger partial charge in [-0.3, -0.25) is 9.98 Å². The van der Waals surface area contributed by atoms with E-state index in [1.807, 2.05) is 36.7 Å². The minimum Gasteiger partial charge on any atom is -0.387 e. The van der Waals surface area contributed by atoms with Gasteiger partial charge in [0.25, 0.3) is 0 Å². The highest BCUT2D eigenvalue weighted by atomic mass is 35.5. The highest BCUT2D eigenvalue weighted by molar-refractivity contribution is 6.30. The lowest BCUT2D eigenvalue weighted by molar-refractivity contribution is 0.654. The second-order valence-electron chi connectivity index (χ2n) is 6.80. The van der Waals surface area contributed by atoms with Gasteiger partial charge in [-0.15, -0.1) is 0 Å². The summed E-state index contributed by atoms with van der Waals surface area (Å²) in [5.74, 6) is 0.954. The van der Waals surface area contributed by atoms with Gasteiger partial charge in [0.2, 0.25) is 0 Å². The van der Waals surface area contributed by atoms with Crippen molar-refractivity contribution in [1.82, 2.24) is 15.0 Å². The molecule has 0 saturated heterocycles. The van der Waals surface area contributed by atoms with E-state index in [9.17, 15) is 0 Å². The van der Waals surface area contributed by atoms with Crippen LogP contribution in [0.3, 0.4) is 0 Å². The lowest BCUT2D eigenvalue weighted by Crippen LogP contribution is -2.13. The molecule has 1 aromatic carbocycles. The van der Waals surface area contributed by atoms with Crippen LogP contribution in [0.1, 0.15) is 48.6 Å². The second kappa shape index (κ2) is 10.6. The van der Waals surface area contributed by atoms with Crippen molar-refractivity contribution in [2.24, 2.45) is 10.7 Å². The topological polar surface area (TPSA) is 80.0 Å². The number of hydrogen-bond donors (Lipinski definition) is 2. The number of aryl methyl sites for hydroxylation is 1. The summed E-state index contributed by atoms with van der Waals surface area (Å²) in [4.78, 5) is 16.2. The van der Waals surface area contributed by atoms with Gasteiger partial charge in [-0.1, -0.05) is 29.8 Å². The molecule has 1 atom stereocenters. The zero-order valence-electron chi connectivity index (χ0n) is 15.9. The number of nitrogens with zero attached hydrogens (tertiary/aromatic N) is 3. The maximum atomic E-state index is 6.07. The highest BCUT2D eigenvalue weighted by Crippen LogP contribution is 2.28. The predicted octanol–water partition coefficient (Wildman–Crippen LogP) is 4.75. The highest BCUT2D eigenvalue weighted by Gasteiger charge is 2.15. The number of aliphatic imine (C=N–C) groups is 1. The van der Waals surface area contributed by atoms with Crippen LogP contribution in [0, 0.1) is 0 Å². The van der Waals surface area contributed by atoms with Crippen molar-refractivity contribution in [2.75, 3.05) is 6.54 Å². The number of aromatic amines is 1. The average molecular weight is 396 g/mol. The van der Waals surface area contributed by atoms with Crippen molar-refractivity contribution >= 4 is 17.4 Å². The Labute approximate surface area is 171 Å². The number of rotatable bonds is 10. The van der Waals surface area contributed by atoms with Crippen LogP contribution in [0.2, 0.25) is 5.02 Å². The summed E-state index contributed by atoms with van der Waals surface area (Å²) in [7, 11) is 0. The fraction of sp³-hybridized carbons (Fsp3) is 0.318. The summed E-state index contributed by atoms with van der Waals surface area (Å²) in [6.45, 7) is 0.729. The molecule has 0 spiro atoms. The van der Waals surface area contributed by atoms with Crippen LogP contribution in [0.15, 0.2) is 66.2 Å². The maximum absolute atomic E-state index is 6.07. The van der Waals surface area contributed by atoms with Gasteiger partial charge in [-0.2, -0.15) is 0 Å². The van der Waals surface area contributed by atoms with Crippen molar-refractivity contribution in [3.63, 3.8) is 0 Å². The Morgan fingerprint density at radius 1 is 1.14 bits per heavy atom. The van der Waals surface area contributed by atoms with Crippen LogP contribution in [0.4, 0.5) is 0 Å². The summed E-state index contributed by atoms with van der Waals surface area (Å²) in [5, 5.41) is 0.746. The molecule has 6 heteroatoms. The number of imidazole rings is 1. The SMILES string of the molecule is NC(CCCc1cnc[nH]1)=NCCCC(c1ccc(Cl)cc1)c1ccccn1. The largest absolute Gasteiger partial charge is 0.387 e. The van der Waals surface area contributed by atoms with E-state index in [1.165, 1.54) is 5.56 Å². The van der Waals surface area contributed by atoms with Gasteiger partial charge in [-0.25, -0.2) is 4.98 Å². The molecule has 0 fully saturated rings. The van der Waals surface area contributed by atoms with Crippen LogP contribution < -0.4 is 5.73 Å². The fourth-order valence-electron chi connectivity index (χ4n) is 3.24. The van der Waals surface area contributed by atoms with Gasteiger partial charge in [0.1, 0.15) is 0 Å². The van der Waals surface area contributed by atoms with Crippen LogP contribution in [-0.2, 0) is 6.42 Å². The normalized spacial score (nSPS) is 12.8. The summed E-state index contributed by atoms with van der Waals surface area (Å²) < 4.78 is 0.